The Hall–Kier alpha value is -1.95. The van der Waals surface area contributed by atoms with E-state index in [2.05, 4.69) is 14.9 Å². The maximum atomic E-state index is 11.7. The van der Waals surface area contributed by atoms with Crippen molar-refractivity contribution in [3.63, 3.8) is 0 Å². The molecule has 0 N–H and O–H groups in total. The Bertz CT molecular complexity index is 881. The maximum absolute atomic E-state index is 11.7. The molecule has 0 spiro atoms. The van der Waals surface area contributed by atoms with Crippen LogP contribution in [0.25, 0.3) is 10.4 Å². The Morgan fingerprint density at radius 2 is 1.96 bits per heavy atom. The third kappa shape index (κ3) is 6.31. The van der Waals surface area contributed by atoms with Crippen molar-refractivity contribution >= 4 is 33.6 Å². The van der Waals surface area contributed by atoms with Crippen molar-refractivity contribution in [2.75, 3.05) is 0 Å². The van der Waals surface area contributed by atoms with E-state index in [4.69, 9.17) is 5.53 Å². The summed E-state index contributed by atoms with van der Waals surface area (Å²) in [4.78, 5) is 42.2. The van der Waals surface area contributed by atoms with Crippen LogP contribution in [0.1, 0.15) is 24.8 Å². The van der Waals surface area contributed by atoms with Gasteiger partial charge >= 0.3 is 35.5 Å². The van der Waals surface area contributed by atoms with Crippen molar-refractivity contribution in [1.29, 1.82) is 0 Å². The summed E-state index contributed by atoms with van der Waals surface area (Å²) in [6, 6.07) is 6.65. The zero-order valence-electron chi connectivity index (χ0n) is 14.3. The van der Waals surface area contributed by atoms with Crippen LogP contribution in [-0.4, -0.2) is 41.1 Å². The number of amides is 2. The topological polar surface area (TPSA) is 170 Å². The molecule has 1 unspecified atom stereocenters. The molecule has 138 valence electrons. The molecule has 1 heterocycles. The van der Waals surface area contributed by atoms with Gasteiger partial charge in [-0.3, -0.25) is 9.59 Å². The summed E-state index contributed by atoms with van der Waals surface area (Å²) in [7, 11) is -5.00. The SMILES string of the molecule is [N-]=[N+]=Nc1ccc(CCCC(=O)ON2C(=O)CC(S(=O)(=O)[O-])C2=O)cc1.[Na+]. The first-order valence-corrected chi connectivity index (χ1v) is 8.86. The quantitative estimate of drug-likeness (QED) is 0.127. The van der Waals surface area contributed by atoms with Gasteiger partial charge < -0.3 is 9.39 Å². The molecule has 0 saturated carbocycles. The summed E-state index contributed by atoms with van der Waals surface area (Å²) in [6.07, 6.45) is -0.163. The number of nitrogens with zero attached hydrogens (tertiary/aromatic N) is 4. The molecule has 0 radical (unpaired) electrons. The van der Waals surface area contributed by atoms with Gasteiger partial charge in [0.25, 0.3) is 11.8 Å². The van der Waals surface area contributed by atoms with Crippen LogP contribution in [0.15, 0.2) is 29.4 Å². The molecule has 0 aromatic heterocycles. The van der Waals surface area contributed by atoms with Gasteiger partial charge in [-0.25, -0.2) is 13.2 Å². The molecule has 27 heavy (non-hydrogen) atoms. The maximum Gasteiger partial charge on any atom is 1.00 e. The molecule has 2 rings (SSSR count). The minimum atomic E-state index is -5.00. The van der Waals surface area contributed by atoms with E-state index in [9.17, 15) is 27.4 Å². The number of rotatable bonds is 7. The van der Waals surface area contributed by atoms with E-state index in [1.807, 2.05) is 0 Å². The van der Waals surface area contributed by atoms with Gasteiger partial charge in [0, 0.05) is 17.0 Å². The van der Waals surface area contributed by atoms with E-state index < -0.39 is 39.6 Å². The van der Waals surface area contributed by atoms with E-state index in [1.54, 1.807) is 24.3 Å². The van der Waals surface area contributed by atoms with Gasteiger partial charge in [0.05, 0.1) is 6.42 Å². The van der Waals surface area contributed by atoms with Crippen LogP contribution in [0.3, 0.4) is 0 Å². The van der Waals surface area contributed by atoms with Crippen molar-refractivity contribution < 1.29 is 61.7 Å². The molecule has 0 bridgehead atoms. The Balaban J connectivity index is 0.00000364. The molecule has 1 fully saturated rings. The number of benzene rings is 1. The zero-order chi connectivity index (χ0) is 19.3. The number of imide groups is 1. The minimum Gasteiger partial charge on any atom is -0.747 e. The number of hydroxylamine groups is 2. The van der Waals surface area contributed by atoms with Gasteiger partial charge in [0.15, 0.2) is 0 Å². The number of carbonyl (C=O) groups excluding carboxylic acids is 3. The second kappa shape index (κ2) is 9.83. The van der Waals surface area contributed by atoms with Crippen LogP contribution in [0.2, 0.25) is 0 Å². The molecule has 0 aliphatic carbocycles. The third-order valence-electron chi connectivity index (χ3n) is 3.55. The van der Waals surface area contributed by atoms with Crippen molar-refractivity contribution in [2.24, 2.45) is 5.11 Å². The average molecular weight is 404 g/mol. The predicted octanol–water partition coefficient (Wildman–Crippen LogP) is -1.91. The number of carbonyl (C=O) groups is 3. The smallest absolute Gasteiger partial charge is 0.747 e. The van der Waals surface area contributed by atoms with Crippen molar-refractivity contribution in [3.8, 4) is 0 Å². The molecule has 1 aliphatic heterocycles. The first-order chi connectivity index (χ1) is 12.2. The number of hydrogen-bond acceptors (Lipinski definition) is 8. The van der Waals surface area contributed by atoms with E-state index in [0.29, 0.717) is 18.5 Å². The molecule has 1 atom stereocenters. The summed E-state index contributed by atoms with van der Waals surface area (Å²) in [5.41, 5.74) is 9.62. The van der Waals surface area contributed by atoms with E-state index in [1.165, 1.54) is 0 Å². The second-order valence-electron chi connectivity index (χ2n) is 5.38. The fraction of sp³-hybridized carbons (Fsp3) is 0.357. The fourth-order valence-electron chi connectivity index (χ4n) is 2.27. The summed E-state index contributed by atoms with van der Waals surface area (Å²) < 4.78 is 32.7. The van der Waals surface area contributed by atoms with Gasteiger partial charge in [0.1, 0.15) is 15.4 Å². The summed E-state index contributed by atoms with van der Waals surface area (Å²) >= 11 is 0. The number of azide groups is 1. The Morgan fingerprint density at radius 1 is 1.33 bits per heavy atom. The molecular weight excluding hydrogens is 391 g/mol. The summed E-state index contributed by atoms with van der Waals surface area (Å²) in [6.45, 7) is 0. The average Bonchev–Trinajstić information content (AvgIpc) is 2.85. The van der Waals surface area contributed by atoms with Crippen LogP contribution >= 0.6 is 0 Å². The standard InChI is InChI=1S/C14H14N4O7S.Na/c15-17-16-10-6-4-9(5-7-10)2-1-3-13(20)25-18-12(19)8-11(14(18)21)26(22,23)24;/h4-7,11H,1-3,8H2,(H,22,23,24);/q;+1/p-1. The largest absolute Gasteiger partial charge is 1.00 e. The van der Waals surface area contributed by atoms with Crippen LogP contribution in [0.4, 0.5) is 5.69 Å². The molecule has 1 aliphatic rings. The van der Waals surface area contributed by atoms with Gasteiger partial charge in [-0.2, -0.15) is 0 Å². The number of hydrogen-bond donors (Lipinski definition) is 0. The van der Waals surface area contributed by atoms with Crippen LogP contribution in [0.5, 0.6) is 0 Å². The van der Waals surface area contributed by atoms with E-state index in [0.717, 1.165) is 5.56 Å². The van der Waals surface area contributed by atoms with Gasteiger partial charge in [0.2, 0.25) is 0 Å². The Kier molecular flexibility index (Phi) is 8.41. The fourth-order valence-corrected chi connectivity index (χ4v) is 2.96. The normalized spacial score (nSPS) is 16.5. The van der Waals surface area contributed by atoms with Crippen molar-refractivity contribution in [1.82, 2.24) is 5.06 Å². The van der Waals surface area contributed by atoms with Crippen molar-refractivity contribution in [3.05, 3.63) is 40.3 Å². The monoisotopic (exact) mass is 404 g/mol. The minimum absolute atomic E-state index is 0. The van der Waals surface area contributed by atoms with E-state index in [-0.39, 0.29) is 41.0 Å². The number of aryl methyl sites for hydroxylation is 1. The molecule has 2 amide bonds. The van der Waals surface area contributed by atoms with Crippen molar-refractivity contribution in [2.45, 2.75) is 30.9 Å². The second-order valence-corrected chi connectivity index (χ2v) is 6.94. The molecule has 11 nitrogen and oxygen atoms in total. The van der Waals surface area contributed by atoms with Gasteiger partial charge in [-0.1, -0.05) is 29.4 Å². The van der Waals surface area contributed by atoms with Crippen LogP contribution in [-0.2, 0) is 35.8 Å². The Labute approximate surface area is 176 Å². The first kappa shape index (κ1) is 23.1. The molecular formula is C14H13N4NaO7S. The first-order valence-electron chi connectivity index (χ1n) is 7.38. The van der Waals surface area contributed by atoms with E-state index >= 15 is 0 Å². The van der Waals surface area contributed by atoms with Gasteiger partial charge in [-0.15, -0.1) is 5.06 Å². The Morgan fingerprint density at radius 3 is 2.48 bits per heavy atom. The molecule has 13 heteroatoms. The van der Waals surface area contributed by atoms with Crippen LogP contribution < -0.4 is 29.6 Å². The molecule has 1 aromatic carbocycles. The molecule has 1 aromatic rings. The molecule has 1 saturated heterocycles. The predicted molar refractivity (Wildman–Crippen MR) is 84.2 cm³/mol. The van der Waals surface area contributed by atoms with Gasteiger partial charge in [-0.05, 0) is 23.9 Å². The summed E-state index contributed by atoms with van der Waals surface area (Å²) in [5.74, 6) is -3.31. The van der Waals surface area contributed by atoms with Crippen LogP contribution in [0, 0.1) is 0 Å². The zero-order valence-corrected chi connectivity index (χ0v) is 17.1. The summed E-state index contributed by atoms with van der Waals surface area (Å²) in [5, 5.41) is 1.40. The third-order valence-corrected chi connectivity index (χ3v) is 4.61.